The first-order chi connectivity index (χ1) is 12.5. The predicted octanol–water partition coefficient (Wildman–Crippen LogP) is 2.59. The highest BCUT2D eigenvalue weighted by molar-refractivity contribution is 6.69. The number of fused-ring (bicyclic) bond motifs is 4. The van der Waals surface area contributed by atoms with Crippen molar-refractivity contribution in [3.05, 3.63) is 0 Å². The van der Waals surface area contributed by atoms with Gasteiger partial charge in [-0.3, -0.25) is 0 Å². The molecule has 4 atom stereocenters. The minimum absolute atomic E-state index is 0.0372. The van der Waals surface area contributed by atoms with Gasteiger partial charge in [-0.2, -0.15) is 5.26 Å². The number of aliphatic hydroxyl groups is 1. The highest BCUT2D eigenvalue weighted by Gasteiger charge is 2.49. The molecule has 0 radical (unpaired) electrons. The van der Waals surface area contributed by atoms with Crippen molar-refractivity contribution in [2.75, 3.05) is 0 Å². The SMILES string of the molecule is C[Si](C)(C)OC1(C#N)CC2CCC(C1)O2.O=C(O)C1(O)CC2CCC(C1)O2. The van der Waals surface area contributed by atoms with E-state index in [9.17, 15) is 15.2 Å². The fourth-order valence-electron chi connectivity index (χ4n) is 4.77. The Bertz CT molecular complexity index is 588. The van der Waals surface area contributed by atoms with Crippen LogP contribution in [0.4, 0.5) is 0 Å². The number of hydrogen-bond acceptors (Lipinski definition) is 6. The van der Waals surface area contributed by atoms with Crippen LogP contribution in [0.3, 0.4) is 0 Å². The molecule has 0 spiro atoms. The number of rotatable bonds is 3. The summed E-state index contributed by atoms with van der Waals surface area (Å²) in [6, 6.07) is 2.41. The molecule has 152 valence electrons. The smallest absolute Gasteiger partial charge is 0.335 e. The molecule has 0 saturated carbocycles. The minimum Gasteiger partial charge on any atom is -0.479 e. The molecular formula is C19H31NO6Si. The van der Waals surface area contributed by atoms with E-state index in [1.54, 1.807) is 0 Å². The van der Waals surface area contributed by atoms with Gasteiger partial charge in [-0.05, 0) is 45.3 Å². The maximum atomic E-state index is 10.7. The molecule has 0 aromatic rings. The first-order valence-corrected chi connectivity index (χ1v) is 13.3. The third-order valence-corrected chi connectivity index (χ3v) is 6.74. The monoisotopic (exact) mass is 397 g/mol. The van der Waals surface area contributed by atoms with Crippen LogP contribution in [-0.4, -0.2) is 60.1 Å². The van der Waals surface area contributed by atoms with Gasteiger partial charge in [0.05, 0.1) is 30.5 Å². The van der Waals surface area contributed by atoms with E-state index in [-0.39, 0.29) is 37.3 Å². The topological polar surface area (TPSA) is 109 Å². The standard InChI is InChI=1S/C11H19NO2Si.C8H12O4/c1-15(2,3)14-11(8-12)6-9-4-5-10(7-11)13-9;9-7(10)8(11)3-5-1-2-6(4-8)12-5/h9-10H,4-7H2,1-3H3;5-6,11H,1-4H2,(H,9,10). The summed E-state index contributed by atoms with van der Waals surface area (Å²) in [7, 11) is -1.65. The summed E-state index contributed by atoms with van der Waals surface area (Å²) in [5.41, 5.74) is -2.07. The largest absolute Gasteiger partial charge is 0.479 e. The second kappa shape index (κ2) is 7.45. The van der Waals surface area contributed by atoms with Crippen molar-refractivity contribution in [1.82, 2.24) is 0 Å². The van der Waals surface area contributed by atoms with E-state index in [4.69, 9.17) is 19.0 Å². The maximum absolute atomic E-state index is 10.7. The Labute approximate surface area is 161 Å². The highest BCUT2D eigenvalue weighted by atomic mass is 28.4. The Morgan fingerprint density at radius 2 is 1.41 bits per heavy atom. The van der Waals surface area contributed by atoms with Crippen LogP contribution in [0.5, 0.6) is 0 Å². The lowest BCUT2D eigenvalue weighted by atomic mass is 9.90. The van der Waals surface area contributed by atoms with Gasteiger partial charge in [-0.25, -0.2) is 4.79 Å². The third kappa shape index (κ3) is 4.90. The highest BCUT2D eigenvalue weighted by Crippen LogP contribution is 2.41. The lowest BCUT2D eigenvalue weighted by Gasteiger charge is -2.39. The number of aliphatic carboxylic acids is 1. The molecule has 0 aromatic heterocycles. The van der Waals surface area contributed by atoms with E-state index in [1.165, 1.54) is 0 Å². The van der Waals surface area contributed by atoms with Crippen molar-refractivity contribution in [3.8, 4) is 6.07 Å². The Morgan fingerprint density at radius 1 is 1.00 bits per heavy atom. The van der Waals surface area contributed by atoms with Crippen LogP contribution in [0.15, 0.2) is 0 Å². The molecule has 4 aliphatic rings. The van der Waals surface area contributed by atoms with Crippen LogP contribution in [0, 0.1) is 11.3 Å². The van der Waals surface area contributed by atoms with E-state index < -0.39 is 25.5 Å². The summed E-state index contributed by atoms with van der Waals surface area (Å²) in [6.45, 7) is 6.43. The zero-order valence-corrected chi connectivity index (χ0v) is 17.4. The number of carboxylic acid groups (broad SMARTS) is 1. The van der Waals surface area contributed by atoms with Crippen LogP contribution in [-0.2, 0) is 18.7 Å². The van der Waals surface area contributed by atoms with Crippen LogP contribution in [0.25, 0.3) is 0 Å². The average molecular weight is 398 g/mol. The van der Waals surface area contributed by atoms with E-state index in [0.717, 1.165) is 38.5 Å². The fourth-order valence-corrected chi connectivity index (χ4v) is 6.16. The average Bonchev–Trinajstić information content (AvgIpc) is 3.08. The molecule has 4 heterocycles. The molecule has 0 amide bonds. The zero-order chi connectivity index (χ0) is 19.9. The Balaban J connectivity index is 0.000000159. The van der Waals surface area contributed by atoms with Crippen LogP contribution < -0.4 is 0 Å². The van der Waals surface area contributed by atoms with Gasteiger partial charge in [0.1, 0.15) is 5.60 Å². The maximum Gasteiger partial charge on any atom is 0.335 e. The number of nitriles is 1. The number of hydrogen-bond donors (Lipinski definition) is 2. The van der Waals surface area contributed by atoms with E-state index in [1.807, 2.05) is 0 Å². The van der Waals surface area contributed by atoms with Gasteiger partial charge in [0.25, 0.3) is 0 Å². The molecule has 27 heavy (non-hydrogen) atoms. The molecule has 2 N–H and O–H groups in total. The van der Waals surface area contributed by atoms with E-state index >= 15 is 0 Å². The number of carbonyl (C=O) groups is 1. The molecule has 4 saturated heterocycles. The molecule has 4 bridgehead atoms. The van der Waals surface area contributed by atoms with Crippen molar-refractivity contribution in [1.29, 1.82) is 5.26 Å². The second-order valence-electron chi connectivity index (χ2n) is 9.39. The van der Waals surface area contributed by atoms with E-state index in [0.29, 0.717) is 0 Å². The molecule has 4 aliphatic heterocycles. The van der Waals surface area contributed by atoms with Gasteiger partial charge in [0, 0.05) is 25.7 Å². The summed E-state index contributed by atoms with van der Waals surface area (Å²) in [4.78, 5) is 10.7. The van der Waals surface area contributed by atoms with Crippen molar-refractivity contribution in [2.45, 2.75) is 107 Å². The van der Waals surface area contributed by atoms with Crippen LogP contribution >= 0.6 is 0 Å². The number of ether oxygens (including phenoxy) is 2. The zero-order valence-electron chi connectivity index (χ0n) is 16.4. The fraction of sp³-hybridized carbons (Fsp3) is 0.895. The molecule has 4 unspecified atom stereocenters. The predicted molar refractivity (Wildman–Crippen MR) is 99.6 cm³/mol. The normalized spacial score (nSPS) is 42.8. The van der Waals surface area contributed by atoms with Crippen molar-refractivity contribution in [2.24, 2.45) is 0 Å². The van der Waals surface area contributed by atoms with Crippen LogP contribution in [0.2, 0.25) is 19.6 Å². The molecular weight excluding hydrogens is 366 g/mol. The molecule has 7 nitrogen and oxygen atoms in total. The molecule has 0 aliphatic carbocycles. The summed E-state index contributed by atoms with van der Waals surface area (Å²) in [5.74, 6) is -1.11. The quantitative estimate of drug-likeness (QED) is 0.704. The molecule has 4 rings (SSSR count). The van der Waals surface area contributed by atoms with Gasteiger partial charge in [-0.15, -0.1) is 0 Å². The molecule has 0 aromatic carbocycles. The first kappa shape index (κ1) is 20.7. The van der Waals surface area contributed by atoms with Crippen molar-refractivity contribution in [3.63, 3.8) is 0 Å². The Kier molecular flexibility index (Phi) is 5.72. The van der Waals surface area contributed by atoms with Gasteiger partial charge < -0.3 is 24.1 Å². The Morgan fingerprint density at radius 3 is 1.74 bits per heavy atom. The van der Waals surface area contributed by atoms with Gasteiger partial charge in [0.2, 0.25) is 0 Å². The minimum atomic E-state index is -1.65. The molecule has 4 fully saturated rings. The van der Waals surface area contributed by atoms with Gasteiger partial charge >= 0.3 is 5.97 Å². The van der Waals surface area contributed by atoms with Crippen molar-refractivity contribution >= 4 is 14.3 Å². The summed E-state index contributed by atoms with van der Waals surface area (Å²) in [5, 5.41) is 27.8. The third-order valence-electron chi connectivity index (χ3n) is 5.74. The van der Waals surface area contributed by atoms with Crippen molar-refractivity contribution < 1.29 is 28.9 Å². The second-order valence-corrected chi connectivity index (χ2v) is 13.8. The lowest BCUT2D eigenvalue weighted by molar-refractivity contribution is -0.176. The lowest BCUT2D eigenvalue weighted by Crippen LogP contribution is -2.48. The van der Waals surface area contributed by atoms with E-state index in [2.05, 4.69) is 25.7 Å². The summed E-state index contributed by atoms with van der Waals surface area (Å²) >= 11 is 0. The van der Waals surface area contributed by atoms with Gasteiger partial charge in [-0.1, -0.05) is 0 Å². The summed E-state index contributed by atoms with van der Waals surface area (Å²) in [6.07, 6.45) is 6.47. The first-order valence-electron chi connectivity index (χ1n) is 9.91. The number of carboxylic acids is 1. The Hall–Kier alpha value is -0.983. The molecule has 8 heteroatoms. The van der Waals surface area contributed by atoms with Crippen LogP contribution in [0.1, 0.15) is 51.4 Å². The number of nitrogens with zero attached hydrogens (tertiary/aromatic N) is 1. The van der Waals surface area contributed by atoms with Gasteiger partial charge in [0.15, 0.2) is 13.9 Å². The summed E-state index contributed by atoms with van der Waals surface area (Å²) < 4.78 is 17.3.